The second-order valence-corrected chi connectivity index (χ2v) is 5.74. The topological polar surface area (TPSA) is 66.9 Å². The first-order valence-corrected chi connectivity index (χ1v) is 7.83. The third-order valence-electron chi connectivity index (χ3n) is 3.97. The lowest BCUT2D eigenvalue weighted by Gasteiger charge is -2.11. The predicted octanol–water partition coefficient (Wildman–Crippen LogP) is 2.90. The number of hydrogen-bond acceptors (Lipinski definition) is 4. The van der Waals surface area contributed by atoms with Crippen molar-refractivity contribution >= 4 is 11.7 Å². The second kappa shape index (κ2) is 7.17. The highest BCUT2D eigenvalue weighted by Gasteiger charge is 2.15. The summed E-state index contributed by atoms with van der Waals surface area (Å²) in [6, 6.07) is 9.89. The first kappa shape index (κ1) is 15.4. The lowest BCUT2D eigenvalue weighted by atomic mass is 10.2. The number of hydrogen-bond donors (Lipinski definition) is 2. The maximum atomic E-state index is 12.8. The Labute approximate surface area is 134 Å². The van der Waals surface area contributed by atoms with E-state index in [1.54, 1.807) is 24.3 Å². The molecule has 3 rings (SSSR count). The van der Waals surface area contributed by atoms with Crippen LogP contribution in [0.2, 0.25) is 0 Å². The summed E-state index contributed by atoms with van der Waals surface area (Å²) >= 11 is 0. The summed E-state index contributed by atoms with van der Waals surface area (Å²) in [6.45, 7) is 0.322. The molecule has 6 heteroatoms. The second-order valence-electron chi connectivity index (χ2n) is 5.74. The number of halogens is 1. The standard InChI is InChI=1S/C17H19FN4O/c18-13-7-5-12(6-8-13)11-19-17(23)15-9-10-16(22-21-15)20-14-3-1-2-4-14/h5-10,14H,1-4,11H2,(H,19,23)(H,20,22). The summed E-state index contributed by atoms with van der Waals surface area (Å²) in [5.74, 6) is 0.109. The largest absolute Gasteiger partial charge is 0.366 e. The molecule has 1 heterocycles. The van der Waals surface area contributed by atoms with E-state index in [-0.39, 0.29) is 17.4 Å². The van der Waals surface area contributed by atoms with Crippen LogP contribution in [0, 0.1) is 5.82 Å². The zero-order valence-corrected chi connectivity index (χ0v) is 12.8. The van der Waals surface area contributed by atoms with E-state index in [4.69, 9.17) is 0 Å². The molecule has 1 aromatic heterocycles. The van der Waals surface area contributed by atoms with Gasteiger partial charge in [-0.25, -0.2) is 4.39 Å². The molecule has 1 amide bonds. The van der Waals surface area contributed by atoms with E-state index in [0.717, 1.165) is 18.4 Å². The van der Waals surface area contributed by atoms with Crippen LogP contribution in [0.25, 0.3) is 0 Å². The first-order chi connectivity index (χ1) is 11.2. The van der Waals surface area contributed by atoms with E-state index in [1.807, 2.05) is 0 Å². The third-order valence-corrected chi connectivity index (χ3v) is 3.97. The average molecular weight is 314 g/mol. The summed E-state index contributed by atoms with van der Waals surface area (Å²) in [4.78, 5) is 12.0. The number of rotatable bonds is 5. The average Bonchev–Trinajstić information content (AvgIpc) is 3.08. The van der Waals surface area contributed by atoms with E-state index in [0.29, 0.717) is 18.4 Å². The SMILES string of the molecule is O=C(NCc1ccc(F)cc1)c1ccc(NC2CCCC2)nn1. The highest BCUT2D eigenvalue weighted by molar-refractivity contribution is 5.92. The van der Waals surface area contributed by atoms with Gasteiger partial charge in [-0.3, -0.25) is 4.79 Å². The van der Waals surface area contributed by atoms with Crippen molar-refractivity contribution in [3.05, 3.63) is 53.5 Å². The van der Waals surface area contributed by atoms with Gasteiger partial charge in [0.15, 0.2) is 5.69 Å². The molecule has 0 radical (unpaired) electrons. The minimum absolute atomic E-state index is 0.268. The van der Waals surface area contributed by atoms with E-state index in [9.17, 15) is 9.18 Å². The Morgan fingerprint density at radius 3 is 2.48 bits per heavy atom. The molecule has 120 valence electrons. The van der Waals surface area contributed by atoms with E-state index in [1.165, 1.54) is 25.0 Å². The number of nitrogens with zero attached hydrogens (tertiary/aromatic N) is 2. The van der Waals surface area contributed by atoms with E-state index in [2.05, 4.69) is 20.8 Å². The molecule has 1 fully saturated rings. The number of nitrogens with one attached hydrogen (secondary N) is 2. The fourth-order valence-corrected chi connectivity index (χ4v) is 2.68. The lowest BCUT2D eigenvalue weighted by molar-refractivity contribution is 0.0945. The van der Waals surface area contributed by atoms with Crippen LogP contribution in [-0.2, 0) is 6.54 Å². The summed E-state index contributed by atoms with van der Waals surface area (Å²) in [7, 11) is 0. The van der Waals surface area contributed by atoms with Crippen molar-refractivity contribution in [2.24, 2.45) is 0 Å². The molecule has 0 aliphatic heterocycles. The van der Waals surface area contributed by atoms with Crippen molar-refractivity contribution in [1.82, 2.24) is 15.5 Å². The van der Waals surface area contributed by atoms with Gasteiger partial charge in [0, 0.05) is 12.6 Å². The monoisotopic (exact) mass is 314 g/mol. The molecule has 1 saturated carbocycles. The quantitative estimate of drug-likeness (QED) is 0.890. The Balaban J connectivity index is 1.53. The van der Waals surface area contributed by atoms with Crippen LogP contribution in [0.3, 0.4) is 0 Å². The summed E-state index contributed by atoms with van der Waals surface area (Å²) in [5, 5.41) is 14.1. The smallest absolute Gasteiger partial charge is 0.272 e. The number of carbonyl (C=O) groups excluding carboxylic acids is 1. The van der Waals surface area contributed by atoms with Crippen molar-refractivity contribution in [2.45, 2.75) is 38.3 Å². The zero-order chi connectivity index (χ0) is 16.1. The van der Waals surface area contributed by atoms with Gasteiger partial charge in [-0.2, -0.15) is 0 Å². The molecular formula is C17H19FN4O. The van der Waals surface area contributed by atoms with E-state index >= 15 is 0 Å². The van der Waals surface area contributed by atoms with Crippen molar-refractivity contribution < 1.29 is 9.18 Å². The molecule has 0 bridgehead atoms. The first-order valence-electron chi connectivity index (χ1n) is 7.83. The molecule has 5 nitrogen and oxygen atoms in total. The van der Waals surface area contributed by atoms with Gasteiger partial charge in [0.1, 0.15) is 11.6 Å². The molecule has 1 aromatic carbocycles. The summed E-state index contributed by atoms with van der Waals surface area (Å²) in [6.07, 6.45) is 4.80. The molecule has 23 heavy (non-hydrogen) atoms. The molecule has 0 atom stereocenters. The normalized spacial score (nSPS) is 14.7. The Kier molecular flexibility index (Phi) is 4.80. The lowest BCUT2D eigenvalue weighted by Crippen LogP contribution is -2.24. The number of anilines is 1. The van der Waals surface area contributed by atoms with Crippen LogP contribution in [0.5, 0.6) is 0 Å². The van der Waals surface area contributed by atoms with Crippen LogP contribution in [0.4, 0.5) is 10.2 Å². The van der Waals surface area contributed by atoms with E-state index < -0.39 is 0 Å². The van der Waals surface area contributed by atoms with Crippen LogP contribution in [-0.4, -0.2) is 22.1 Å². The molecule has 2 N–H and O–H groups in total. The molecule has 0 unspecified atom stereocenters. The Bertz CT molecular complexity index is 651. The molecule has 1 aliphatic rings. The van der Waals surface area contributed by atoms with Gasteiger partial charge in [-0.05, 0) is 42.7 Å². The fraction of sp³-hybridized carbons (Fsp3) is 0.353. The Morgan fingerprint density at radius 1 is 1.09 bits per heavy atom. The maximum absolute atomic E-state index is 12.8. The molecule has 2 aromatic rings. The highest BCUT2D eigenvalue weighted by Crippen LogP contribution is 2.21. The predicted molar refractivity (Wildman–Crippen MR) is 85.5 cm³/mol. The number of carbonyl (C=O) groups is 1. The minimum Gasteiger partial charge on any atom is -0.366 e. The fourth-order valence-electron chi connectivity index (χ4n) is 2.68. The van der Waals surface area contributed by atoms with Gasteiger partial charge >= 0.3 is 0 Å². The van der Waals surface area contributed by atoms with Crippen molar-refractivity contribution in [3.63, 3.8) is 0 Å². The van der Waals surface area contributed by atoms with Gasteiger partial charge in [-0.15, -0.1) is 10.2 Å². The zero-order valence-electron chi connectivity index (χ0n) is 12.8. The highest BCUT2D eigenvalue weighted by atomic mass is 19.1. The van der Waals surface area contributed by atoms with Crippen LogP contribution < -0.4 is 10.6 Å². The van der Waals surface area contributed by atoms with Gasteiger partial charge in [0.25, 0.3) is 5.91 Å². The Hall–Kier alpha value is -2.50. The Morgan fingerprint density at radius 2 is 1.83 bits per heavy atom. The van der Waals surface area contributed by atoms with Crippen LogP contribution in [0.1, 0.15) is 41.7 Å². The summed E-state index contributed by atoms with van der Waals surface area (Å²) < 4.78 is 12.8. The number of aromatic nitrogens is 2. The molecule has 0 saturated heterocycles. The van der Waals surface area contributed by atoms with Gasteiger partial charge in [0.2, 0.25) is 0 Å². The van der Waals surface area contributed by atoms with Gasteiger partial charge < -0.3 is 10.6 Å². The number of benzene rings is 1. The minimum atomic E-state index is -0.297. The molecular weight excluding hydrogens is 295 g/mol. The maximum Gasteiger partial charge on any atom is 0.272 e. The van der Waals surface area contributed by atoms with Crippen molar-refractivity contribution in [2.75, 3.05) is 5.32 Å². The number of amides is 1. The molecule has 1 aliphatic carbocycles. The van der Waals surface area contributed by atoms with Gasteiger partial charge in [-0.1, -0.05) is 25.0 Å². The third kappa shape index (κ3) is 4.25. The van der Waals surface area contributed by atoms with Crippen LogP contribution >= 0.6 is 0 Å². The van der Waals surface area contributed by atoms with Crippen molar-refractivity contribution in [1.29, 1.82) is 0 Å². The van der Waals surface area contributed by atoms with Gasteiger partial charge in [0.05, 0.1) is 0 Å². The van der Waals surface area contributed by atoms with Crippen LogP contribution in [0.15, 0.2) is 36.4 Å². The molecule has 0 spiro atoms. The van der Waals surface area contributed by atoms with Crippen molar-refractivity contribution in [3.8, 4) is 0 Å². The summed E-state index contributed by atoms with van der Waals surface area (Å²) in [5.41, 5.74) is 1.09.